The van der Waals surface area contributed by atoms with E-state index >= 15 is 0 Å². The van der Waals surface area contributed by atoms with Crippen molar-refractivity contribution in [2.24, 2.45) is 0 Å². The fourth-order valence-electron chi connectivity index (χ4n) is 2.40. The summed E-state index contributed by atoms with van der Waals surface area (Å²) in [6.07, 6.45) is 2.08. The lowest BCUT2D eigenvalue weighted by atomic mass is 10.2. The second kappa shape index (κ2) is 7.96. The van der Waals surface area contributed by atoms with Crippen LogP contribution < -0.4 is 5.32 Å². The molecule has 1 aromatic heterocycles. The van der Waals surface area contributed by atoms with E-state index in [1.165, 1.54) is 0 Å². The van der Waals surface area contributed by atoms with E-state index in [1.807, 2.05) is 30.3 Å². The largest absolute Gasteiger partial charge is 0.411 e. The Labute approximate surface area is 143 Å². The lowest BCUT2D eigenvalue weighted by molar-refractivity contribution is -0.131. The van der Waals surface area contributed by atoms with Crippen molar-refractivity contribution in [2.75, 3.05) is 25.4 Å². The van der Waals surface area contributed by atoms with Crippen molar-refractivity contribution >= 4 is 23.6 Å². The molecule has 1 aromatic carbocycles. The molecule has 126 valence electrons. The Morgan fingerprint density at radius 2 is 1.92 bits per heavy atom. The van der Waals surface area contributed by atoms with Crippen molar-refractivity contribution in [1.29, 1.82) is 0 Å². The summed E-state index contributed by atoms with van der Waals surface area (Å²) in [5, 5.41) is 10.8. The number of hydrogen-bond acceptors (Lipinski definition) is 6. The zero-order valence-corrected chi connectivity index (χ0v) is 13.9. The molecule has 1 fully saturated rings. The van der Waals surface area contributed by atoms with Gasteiger partial charge in [0.25, 0.3) is 5.22 Å². The van der Waals surface area contributed by atoms with Crippen molar-refractivity contribution < 1.29 is 14.0 Å². The van der Waals surface area contributed by atoms with Crippen LogP contribution in [-0.2, 0) is 9.59 Å². The maximum absolute atomic E-state index is 11.8. The Hall–Kier alpha value is -2.35. The minimum atomic E-state index is -0.230. The second-order valence-electron chi connectivity index (χ2n) is 5.39. The lowest BCUT2D eigenvalue weighted by Crippen LogP contribution is -2.39. The molecule has 1 aliphatic rings. The maximum atomic E-state index is 11.8. The molecule has 0 spiro atoms. The molecule has 7 nitrogen and oxygen atoms in total. The summed E-state index contributed by atoms with van der Waals surface area (Å²) in [6.45, 7) is 1.61. The first-order chi connectivity index (χ1) is 11.7. The highest BCUT2D eigenvalue weighted by atomic mass is 32.2. The zero-order valence-electron chi connectivity index (χ0n) is 13.1. The molecular weight excluding hydrogens is 328 g/mol. The highest BCUT2D eigenvalue weighted by Crippen LogP contribution is 2.22. The molecule has 0 saturated carbocycles. The van der Waals surface area contributed by atoms with Crippen LogP contribution in [0.1, 0.15) is 12.8 Å². The smallest absolute Gasteiger partial charge is 0.277 e. The van der Waals surface area contributed by atoms with Gasteiger partial charge in [-0.2, -0.15) is 0 Å². The third-order valence-corrected chi connectivity index (χ3v) is 4.47. The van der Waals surface area contributed by atoms with Gasteiger partial charge in [0, 0.05) is 18.7 Å². The Balaban J connectivity index is 1.43. The molecule has 1 aliphatic heterocycles. The molecule has 1 saturated heterocycles. The van der Waals surface area contributed by atoms with Crippen LogP contribution in [0.15, 0.2) is 40.0 Å². The SMILES string of the molecule is O=C(CSc1nnc(-c2ccccc2)o1)NCC(=O)N1CCCC1. The normalized spacial score (nSPS) is 13.9. The van der Waals surface area contributed by atoms with E-state index in [9.17, 15) is 9.59 Å². The maximum Gasteiger partial charge on any atom is 0.277 e. The zero-order chi connectivity index (χ0) is 16.8. The van der Waals surface area contributed by atoms with E-state index in [-0.39, 0.29) is 24.1 Å². The Morgan fingerprint density at radius 3 is 2.67 bits per heavy atom. The highest BCUT2D eigenvalue weighted by Gasteiger charge is 2.18. The predicted molar refractivity (Wildman–Crippen MR) is 89.3 cm³/mol. The summed E-state index contributed by atoms with van der Waals surface area (Å²) in [4.78, 5) is 25.4. The van der Waals surface area contributed by atoms with E-state index in [0.29, 0.717) is 11.1 Å². The quantitative estimate of drug-likeness (QED) is 0.799. The number of amides is 2. The minimum Gasteiger partial charge on any atom is -0.411 e. The van der Waals surface area contributed by atoms with E-state index in [4.69, 9.17) is 4.42 Å². The number of hydrogen-bond donors (Lipinski definition) is 1. The van der Waals surface area contributed by atoms with Gasteiger partial charge >= 0.3 is 0 Å². The standard InChI is InChI=1S/C16H18N4O3S/c21-13(17-10-14(22)20-8-4-5-9-20)11-24-16-19-18-15(23-16)12-6-2-1-3-7-12/h1-3,6-7H,4-5,8-11H2,(H,17,21). The van der Waals surface area contributed by atoms with Crippen LogP contribution in [0.5, 0.6) is 0 Å². The van der Waals surface area contributed by atoms with Gasteiger partial charge in [0.15, 0.2) is 0 Å². The van der Waals surface area contributed by atoms with Gasteiger partial charge in [0.2, 0.25) is 17.7 Å². The van der Waals surface area contributed by atoms with Crippen molar-refractivity contribution in [2.45, 2.75) is 18.1 Å². The average molecular weight is 346 g/mol. The van der Waals surface area contributed by atoms with Gasteiger partial charge in [0.1, 0.15) is 0 Å². The number of rotatable bonds is 6. The van der Waals surface area contributed by atoms with Gasteiger partial charge in [-0.05, 0) is 25.0 Å². The molecule has 0 aliphatic carbocycles. The van der Waals surface area contributed by atoms with Crippen molar-refractivity contribution in [1.82, 2.24) is 20.4 Å². The monoisotopic (exact) mass is 346 g/mol. The van der Waals surface area contributed by atoms with E-state index < -0.39 is 0 Å². The number of nitrogens with zero attached hydrogens (tertiary/aromatic N) is 3. The molecule has 2 aromatic rings. The Bertz CT molecular complexity index is 698. The molecule has 24 heavy (non-hydrogen) atoms. The van der Waals surface area contributed by atoms with Gasteiger partial charge in [-0.1, -0.05) is 30.0 Å². The minimum absolute atomic E-state index is 0.0324. The first kappa shape index (κ1) is 16.5. The van der Waals surface area contributed by atoms with Crippen molar-refractivity contribution in [3.05, 3.63) is 30.3 Å². The van der Waals surface area contributed by atoms with Crippen LogP contribution in [0.25, 0.3) is 11.5 Å². The number of carbonyl (C=O) groups excluding carboxylic acids is 2. The molecule has 2 amide bonds. The van der Waals surface area contributed by atoms with Crippen LogP contribution in [0, 0.1) is 0 Å². The number of thioether (sulfide) groups is 1. The summed E-state index contributed by atoms with van der Waals surface area (Å²) >= 11 is 1.15. The van der Waals surface area contributed by atoms with Crippen LogP contribution in [-0.4, -0.2) is 52.3 Å². The predicted octanol–water partition coefficient (Wildman–Crippen LogP) is 1.57. The fourth-order valence-corrected chi connectivity index (χ4v) is 2.99. The van der Waals surface area contributed by atoms with Gasteiger partial charge in [-0.3, -0.25) is 9.59 Å². The number of likely N-dealkylation sites (tertiary alicyclic amines) is 1. The summed E-state index contributed by atoms with van der Waals surface area (Å²) < 4.78 is 5.51. The summed E-state index contributed by atoms with van der Waals surface area (Å²) in [5.74, 6) is 0.286. The van der Waals surface area contributed by atoms with Crippen molar-refractivity contribution in [3.8, 4) is 11.5 Å². The van der Waals surface area contributed by atoms with Crippen LogP contribution in [0.4, 0.5) is 0 Å². The molecule has 0 atom stereocenters. The Morgan fingerprint density at radius 1 is 1.17 bits per heavy atom. The number of aromatic nitrogens is 2. The second-order valence-corrected chi connectivity index (χ2v) is 6.32. The van der Waals surface area contributed by atoms with Gasteiger partial charge in [-0.25, -0.2) is 0 Å². The number of carbonyl (C=O) groups is 2. The van der Waals surface area contributed by atoms with Crippen LogP contribution >= 0.6 is 11.8 Å². The molecule has 3 rings (SSSR count). The highest BCUT2D eigenvalue weighted by molar-refractivity contribution is 7.99. The van der Waals surface area contributed by atoms with E-state index in [0.717, 1.165) is 43.3 Å². The molecule has 0 radical (unpaired) electrons. The molecule has 1 N–H and O–H groups in total. The van der Waals surface area contributed by atoms with Gasteiger partial charge < -0.3 is 14.6 Å². The molecular formula is C16H18N4O3S. The number of nitrogens with one attached hydrogen (secondary N) is 1. The first-order valence-corrected chi connectivity index (χ1v) is 8.77. The molecule has 0 bridgehead atoms. The number of benzene rings is 1. The average Bonchev–Trinajstić information content (AvgIpc) is 3.30. The Kier molecular flexibility index (Phi) is 5.47. The summed E-state index contributed by atoms with van der Waals surface area (Å²) in [6, 6.07) is 9.43. The van der Waals surface area contributed by atoms with Crippen LogP contribution in [0.2, 0.25) is 0 Å². The third kappa shape index (κ3) is 4.35. The lowest BCUT2D eigenvalue weighted by Gasteiger charge is -2.15. The topological polar surface area (TPSA) is 88.3 Å². The fraction of sp³-hybridized carbons (Fsp3) is 0.375. The van der Waals surface area contributed by atoms with E-state index in [2.05, 4.69) is 15.5 Å². The summed E-state index contributed by atoms with van der Waals surface area (Å²) in [5.41, 5.74) is 0.831. The van der Waals surface area contributed by atoms with Gasteiger partial charge in [-0.15, -0.1) is 10.2 Å². The molecule has 0 unspecified atom stereocenters. The van der Waals surface area contributed by atoms with Crippen LogP contribution in [0.3, 0.4) is 0 Å². The van der Waals surface area contributed by atoms with Gasteiger partial charge in [0.05, 0.1) is 12.3 Å². The molecule has 2 heterocycles. The van der Waals surface area contributed by atoms with Crippen molar-refractivity contribution in [3.63, 3.8) is 0 Å². The first-order valence-electron chi connectivity index (χ1n) is 7.78. The molecule has 8 heteroatoms. The third-order valence-electron chi connectivity index (χ3n) is 3.65. The summed E-state index contributed by atoms with van der Waals surface area (Å²) in [7, 11) is 0. The van der Waals surface area contributed by atoms with E-state index in [1.54, 1.807) is 4.90 Å².